The van der Waals surface area contributed by atoms with E-state index >= 15 is 0 Å². The smallest absolute Gasteiger partial charge is 0.127 e. The summed E-state index contributed by atoms with van der Waals surface area (Å²) in [6.45, 7) is -0.412. The van der Waals surface area contributed by atoms with Gasteiger partial charge in [0.1, 0.15) is 11.5 Å². The van der Waals surface area contributed by atoms with Crippen LogP contribution in [-0.4, -0.2) is 6.67 Å². The van der Waals surface area contributed by atoms with Crippen molar-refractivity contribution in [2.45, 2.75) is 12.5 Å². The van der Waals surface area contributed by atoms with Crippen molar-refractivity contribution in [1.82, 2.24) is 0 Å². The third kappa shape index (κ3) is 4.54. The predicted molar refractivity (Wildman–Crippen MR) is 77.7 cm³/mol. The fourth-order valence-corrected chi connectivity index (χ4v) is 1.72. The molecule has 0 aliphatic rings. The van der Waals surface area contributed by atoms with E-state index in [9.17, 15) is 4.39 Å². The minimum atomic E-state index is -0.412. The summed E-state index contributed by atoms with van der Waals surface area (Å²) in [6, 6.07) is 16.7. The maximum absolute atomic E-state index is 12.3. The van der Waals surface area contributed by atoms with Gasteiger partial charge in [0, 0.05) is 6.04 Å². The van der Waals surface area contributed by atoms with Crippen molar-refractivity contribution in [2.24, 2.45) is 5.73 Å². The molecule has 0 aliphatic heterocycles. The quantitative estimate of drug-likeness (QED) is 0.889. The molecule has 19 heavy (non-hydrogen) atoms. The van der Waals surface area contributed by atoms with Gasteiger partial charge in [-0.25, -0.2) is 0 Å². The Morgan fingerprint density at radius 3 is 2.37 bits per heavy atom. The lowest BCUT2D eigenvalue weighted by Gasteiger charge is -2.12. The number of halogens is 2. The van der Waals surface area contributed by atoms with Crippen molar-refractivity contribution in [3.63, 3.8) is 0 Å². The van der Waals surface area contributed by atoms with Crippen molar-refractivity contribution in [2.75, 3.05) is 6.67 Å². The van der Waals surface area contributed by atoms with Crippen LogP contribution in [0.2, 0.25) is 0 Å². The highest BCUT2D eigenvalue weighted by Gasteiger charge is 2.06. The summed E-state index contributed by atoms with van der Waals surface area (Å²) in [5.41, 5.74) is 6.76. The highest BCUT2D eigenvalue weighted by Crippen LogP contribution is 2.24. The first-order valence-corrected chi connectivity index (χ1v) is 5.94. The molecule has 0 saturated carbocycles. The maximum atomic E-state index is 12.3. The lowest BCUT2D eigenvalue weighted by atomic mass is 10.1. The Hall–Kier alpha value is -1.58. The van der Waals surface area contributed by atoms with Gasteiger partial charge in [-0.3, -0.25) is 4.39 Å². The van der Waals surface area contributed by atoms with Crippen LogP contribution in [0, 0.1) is 0 Å². The molecule has 0 unspecified atom stereocenters. The number of alkyl halides is 1. The zero-order chi connectivity index (χ0) is 12.8. The monoisotopic (exact) mass is 281 g/mol. The molecule has 2 aromatic rings. The summed E-state index contributed by atoms with van der Waals surface area (Å²) in [5.74, 6) is 1.49. The van der Waals surface area contributed by atoms with Gasteiger partial charge < -0.3 is 10.5 Å². The Morgan fingerprint density at radius 2 is 1.68 bits per heavy atom. The van der Waals surface area contributed by atoms with E-state index in [4.69, 9.17) is 10.5 Å². The van der Waals surface area contributed by atoms with Crippen LogP contribution < -0.4 is 10.5 Å². The number of nitrogens with two attached hydrogens (primary N) is 1. The van der Waals surface area contributed by atoms with E-state index in [0.717, 1.165) is 11.3 Å². The minimum Gasteiger partial charge on any atom is -0.457 e. The van der Waals surface area contributed by atoms with E-state index in [1.807, 2.05) is 54.6 Å². The van der Waals surface area contributed by atoms with Gasteiger partial charge in [0.2, 0.25) is 0 Å². The third-order valence-electron chi connectivity index (χ3n) is 2.69. The number of ether oxygens (including phenoxy) is 1. The molecule has 2 rings (SSSR count). The molecule has 0 spiro atoms. The molecule has 0 heterocycles. The van der Waals surface area contributed by atoms with Gasteiger partial charge in [-0.05, 0) is 36.2 Å². The van der Waals surface area contributed by atoms with E-state index in [-0.39, 0.29) is 18.4 Å². The normalized spacial score (nSPS) is 11.5. The molecule has 2 nitrogen and oxygen atoms in total. The summed E-state index contributed by atoms with van der Waals surface area (Å²) in [4.78, 5) is 0. The Labute approximate surface area is 118 Å². The predicted octanol–water partition coefficient (Wildman–Crippen LogP) is 4.26. The molecule has 2 aromatic carbocycles. The van der Waals surface area contributed by atoms with Crippen LogP contribution in [0.5, 0.6) is 11.5 Å². The Balaban J connectivity index is 0.00000180. The molecule has 2 N–H and O–H groups in total. The topological polar surface area (TPSA) is 35.2 Å². The zero-order valence-corrected chi connectivity index (χ0v) is 11.3. The molecule has 102 valence electrons. The van der Waals surface area contributed by atoms with E-state index in [2.05, 4.69) is 0 Å². The zero-order valence-electron chi connectivity index (χ0n) is 10.5. The Kier molecular flexibility index (Phi) is 6.33. The van der Waals surface area contributed by atoms with Crippen molar-refractivity contribution in [3.05, 3.63) is 60.2 Å². The van der Waals surface area contributed by atoms with Crippen LogP contribution >= 0.6 is 12.4 Å². The third-order valence-corrected chi connectivity index (χ3v) is 2.69. The molecule has 0 saturated heterocycles. The minimum absolute atomic E-state index is 0. The molecule has 0 amide bonds. The van der Waals surface area contributed by atoms with E-state index in [1.165, 1.54) is 0 Å². The second-order valence-electron chi connectivity index (χ2n) is 4.07. The number of rotatable bonds is 5. The van der Waals surface area contributed by atoms with Crippen LogP contribution in [0.4, 0.5) is 4.39 Å². The lowest BCUT2D eigenvalue weighted by molar-refractivity contribution is 0.440. The van der Waals surface area contributed by atoms with Gasteiger partial charge in [0.25, 0.3) is 0 Å². The highest BCUT2D eigenvalue weighted by atomic mass is 35.5. The Morgan fingerprint density at radius 1 is 1.00 bits per heavy atom. The molecule has 0 aliphatic carbocycles. The van der Waals surface area contributed by atoms with Gasteiger partial charge >= 0.3 is 0 Å². The molecule has 0 fully saturated rings. The summed E-state index contributed by atoms with van der Waals surface area (Å²) in [6.07, 6.45) is 0.328. The van der Waals surface area contributed by atoms with Crippen LogP contribution in [0.1, 0.15) is 18.0 Å². The fourth-order valence-electron chi connectivity index (χ4n) is 1.72. The van der Waals surface area contributed by atoms with Crippen molar-refractivity contribution >= 4 is 12.4 Å². The van der Waals surface area contributed by atoms with E-state index in [1.54, 1.807) is 0 Å². The van der Waals surface area contributed by atoms with Gasteiger partial charge in [-0.2, -0.15) is 0 Å². The molecular weight excluding hydrogens is 265 g/mol. The summed E-state index contributed by atoms with van der Waals surface area (Å²) < 4.78 is 18.0. The average Bonchev–Trinajstić information content (AvgIpc) is 2.40. The van der Waals surface area contributed by atoms with Gasteiger partial charge in [0.05, 0.1) is 6.67 Å². The molecule has 0 bridgehead atoms. The molecule has 0 radical (unpaired) electrons. The summed E-state index contributed by atoms with van der Waals surface area (Å²) >= 11 is 0. The van der Waals surface area contributed by atoms with Gasteiger partial charge in [-0.1, -0.05) is 30.3 Å². The Bertz CT molecular complexity index is 493. The standard InChI is InChI=1S/C15H16FNO.ClH/c16-10-9-15(17)12-5-4-8-14(11-12)18-13-6-2-1-3-7-13;/h1-8,11,15H,9-10,17H2;1H/t15-;/m0./s1. The molecule has 4 heteroatoms. The van der Waals surface area contributed by atoms with Crippen LogP contribution in [0.15, 0.2) is 54.6 Å². The second-order valence-corrected chi connectivity index (χ2v) is 4.07. The summed E-state index contributed by atoms with van der Waals surface area (Å²) in [5, 5.41) is 0. The van der Waals surface area contributed by atoms with E-state index in [0.29, 0.717) is 12.2 Å². The molecular formula is C15H17ClFNO. The van der Waals surface area contributed by atoms with Gasteiger partial charge in [0.15, 0.2) is 0 Å². The van der Waals surface area contributed by atoms with Crippen molar-refractivity contribution < 1.29 is 9.13 Å². The number of hydrogen-bond donors (Lipinski definition) is 1. The first-order chi connectivity index (χ1) is 8.79. The van der Waals surface area contributed by atoms with Crippen molar-refractivity contribution in [1.29, 1.82) is 0 Å². The number of benzene rings is 2. The van der Waals surface area contributed by atoms with Crippen molar-refractivity contribution in [3.8, 4) is 11.5 Å². The molecule has 1 atom stereocenters. The first kappa shape index (κ1) is 15.5. The SMILES string of the molecule is Cl.N[C@@H](CCF)c1cccc(Oc2ccccc2)c1. The van der Waals surface area contributed by atoms with Crippen LogP contribution in [-0.2, 0) is 0 Å². The number of para-hydroxylation sites is 1. The highest BCUT2D eigenvalue weighted by molar-refractivity contribution is 5.85. The largest absolute Gasteiger partial charge is 0.457 e. The molecule has 0 aromatic heterocycles. The average molecular weight is 282 g/mol. The van der Waals surface area contributed by atoms with Crippen LogP contribution in [0.3, 0.4) is 0 Å². The fraction of sp³-hybridized carbons (Fsp3) is 0.200. The second kappa shape index (κ2) is 7.77. The summed E-state index contributed by atoms with van der Waals surface area (Å²) in [7, 11) is 0. The van der Waals surface area contributed by atoms with E-state index < -0.39 is 6.67 Å². The number of hydrogen-bond acceptors (Lipinski definition) is 2. The van der Waals surface area contributed by atoms with Gasteiger partial charge in [-0.15, -0.1) is 12.4 Å². The maximum Gasteiger partial charge on any atom is 0.127 e. The first-order valence-electron chi connectivity index (χ1n) is 5.94. The van der Waals surface area contributed by atoms with Crippen LogP contribution in [0.25, 0.3) is 0 Å². The lowest BCUT2D eigenvalue weighted by Crippen LogP contribution is -2.10.